The molecule has 10 heteroatoms. The van der Waals surface area contributed by atoms with Gasteiger partial charge in [0.05, 0.1) is 23.0 Å². The van der Waals surface area contributed by atoms with Crippen LogP contribution in [0, 0.1) is 5.92 Å². The predicted molar refractivity (Wildman–Crippen MR) is 120 cm³/mol. The van der Waals surface area contributed by atoms with Gasteiger partial charge < -0.3 is 13.8 Å². The third kappa shape index (κ3) is 5.44. The van der Waals surface area contributed by atoms with Crippen molar-refractivity contribution in [2.45, 2.75) is 26.6 Å². The van der Waals surface area contributed by atoms with E-state index in [4.69, 9.17) is 9.26 Å². The minimum Gasteiger partial charge on any atom is -0.492 e. The first kappa shape index (κ1) is 23.0. The van der Waals surface area contributed by atoms with Crippen LogP contribution < -0.4 is 4.74 Å². The second-order valence-corrected chi connectivity index (χ2v) is 8.74. The molecule has 0 atom stereocenters. The fourth-order valence-corrected chi connectivity index (χ4v) is 3.66. The van der Waals surface area contributed by atoms with Crippen LogP contribution in [0.25, 0.3) is 22.8 Å². The fourth-order valence-electron chi connectivity index (χ4n) is 3.17. The Kier molecular flexibility index (Phi) is 6.55. The van der Waals surface area contributed by atoms with Crippen molar-refractivity contribution in [2.75, 3.05) is 6.61 Å². The first-order valence-corrected chi connectivity index (χ1v) is 10.9. The molecule has 0 fully saturated rings. The molecule has 33 heavy (non-hydrogen) atoms. The molecule has 2 aromatic heterocycles. The molecular formula is C23H20BrF3N4O2. The zero-order valence-electron chi connectivity index (χ0n) is 17.8. The summed E-state index contributed by atoms with van der Waals surface area (Å²) in [5, 5.41) is 3.81. The molecule has 0 aliphatic rings. The van der Waals surface area contributed by atoms with Crippen molar-refractivity contribution in [3.63, 3.8) is 0 Å². The highest BCUT2D eigenvalue weighted by molar-refractivity contribution is 9.10. The van der Waals surface area contributed by atoms with Gasteiger partial charge in [-0.2, -0.15) is 18.2 Å². The van der Waals surface area contributed by atoms with E-state index < -0.39 is 11.7 Å². The maximum Gasteiger partial charge on any atom is 0.417 e. The highest BCUT2D eigenvalue weighted by atomic mass is 79.9. The number of alkyl halides is 3. The Morgan fingerprint density at radius 2 is 1.97 bits per heavy atom. The summed E-state index contributed by atoms with van der Waals surface area (Å²) in [5.41, 5.74) is 0.0606. The number of benzene rings is 2. The first-order valence-electron chi connectivity index (χ1n) is 10.1. The molecule has 6 nitrogen and oxygen atoms in total. The Balaban J connectivity index is 1.63. The van der Waals surface area contributed by atoms with Gasteiger partial charge in [0.1, 0.15) is 5.75 Å². The molecule has 4 rings (SSSR count). The molecule has 0 aliphatic carbocycles. The van der Waals surface area contributed by atoms with E-state index in [9.17, 15) is 13.2 Å². The second kappa shape index (κ2) is 9.38. The van der Waals surface area contributed by atoms with Crippen molar-refractivity contribution >= 4 is 15.9 Å². The molecule has 0 saturated carbocycles. The van der Waals surface area contributed by atoms with Crippen molar-refractivity contribution in [1.29, 1.82) is 0 Å². The van der Waals surface area contributed by atoms with Crippen LogP contribution in [0.2, 0.25) is 0 Å². The fraction of sp³-hybridized carbons (Fsp3) is 0.261. The predicted octanol–water partition coefficient (Wildman–Crippen LogP) is 6.46. The van der Waals surface area contributed by atoms with Gasteiger partial charge in [-0.25, -0.2) is 4.98 Å². The number of hydrogen-bond donors (Lipinski definition) is 0. The number of halogens is 4. The Morgan fingerprint density at radius 1 is 1.15 bits per heavy atom. The average molecular weight is 521 g/mol. The van der Waals surface area contributed by atoms with Crippen LogP contribution in [0.4, 0.5) is 13.2 Å². The molecule has 0 N–H and O–H groups in total. The van der Waals surface area contributed by atoms with Gasteiger partial charge >= 0.3 is 6.18 Å². The molecule has 2 aromatic carbocycles. The monoisotopic (exact) mass is 520 g/mol. The van der Waals surface area contributed by atoms with Gasteiger partial charge in [-0.1, -0.05) is 31.1 Å². The maximum absolute atomic E-state index is 13.8. The van der Waals surface area contributed by atoms with Gasteiger partial charge in [0, 0.05) is 30.1 Å². The number of hydrogen-bond acceptors (Lipinski definition) is 5. The third-order valence-corrected chi connectivity index (χ3v) is 5.35. The second-order valence-electron chi connectivity index (χ2n) is 7.89. The lowest BCUT2D eigenvalue weighted by molar-refractivity contribution is -0.137. The van der Waals surface area contributed by atoms with Crippen LogP contribution >= 0.6 is 15.9 Å². The van der Waals surface area contributed by atoms with Gasteiger partial charge in [-0.05, 0) is 51.7 Å². The SMILES string of the molecule is CC(C)COc1ccc(-c2nc(-c3ccc(Cn4ccnc4)cc3C(F)(F)F)no2)cc1Br. The zero-order chi connectivity index (χ0) is 23.6. The lowest BCUT2D eigenvalue weighted by atomic mass is 10.0. The Hall–Kier alpha value is -3.14. The van der Waals surface area contributed by atoms with E-state index in [1.165, 1.54) is 6.07 Å². The highest BCUT2D eigenvalue weighted by Gasteiger charge is 2.35. The number of rotatable bonds is 7. The number of imidazole rings is 1. The summed E-state index contributed by atoms with van der Waals surface area (Å²) < 4.78 is 54.8. The quantitative estimate of drug-likeness (QED) is 0.279. The Morgan fingerprint density at radius 3 is 2.64 bits per heavy atom. The van der Waals surface area contributed by atoms with E-state index >= 15 is 0 Å². The molecule has 0 spiro atoms. The van der Waals surface area contributed by atoms with Gasteiger partial charge in [0.2, 0.25) is 5.82 Å². The van der Waals surface area contributed by atoms with Crippen molar-refractivity contribution in [2.24, 2.45) is 5.92 Å². The average Bonchev–Trinajstić information content (AvgIpc) is 3.44. The molecule has 0 bridgehead atoms. The Bertz CT molecular complexity index is 1240. The minimum atomic E-state index is -4.58. The van der Waals surface area contributed by atoms with E-state index in [1.807, 2.05) is 13.8 Å². The lowest BCUT2D eigenvalue weighted by Crippen LogP contribution is -2.09. The van der Waals surface area contributed by atoms with Gasteiger partial charge in [0.25, 0.3) is 5.89 Å². The molecule has 0 amide bonds. The number of aromatic nitrogens is 4. The van der Waals surface area contributed by atoms with E-state index in [-0.39, 0.29) is 23.8 Å². The molecule has 172 valence electrons. The van der Waals surface area contributed by atoms with Crippen LogP contribution in [-0.2, 0) is 12.7 Å². The van der Waals surface area contributed by atoms with Crippen molar-refractivity contribution < 1.29 is 22.4 Å². The smallest absolute Gasteiger partial charge is 0.417 e. The minimum absolute atomic E-state index is 0.108. The standard InChI is InChI=1S/C23H20BrF3N4O2/c1-14(2)12-32-20-6-4-16(10-19(20)24)22-29-21(30-33-22)17-5-3-15(9-18(17)23(25,26)27)11-31-8-7-28-13-31/h3-10,13-14H,11-12H2,1-2H3. The van der Waals surface area contributed by atoms with E-state index in [2.05, 4.69) is 31.1 Å². The summed E-state index contributed by atoms with van der Waals surface area (Å²) in [7, 11) is 0. The molecule has 0 aliphatic heterocycles. The molecule has 4 aromatic rings. The van der Waals surface area contributed by atoms with Crippen LogP contribution in [0.5, 0.6) is 5.75 Å². The van der Waals surface area contributed by atoms with E-state index in [1.54, 1.807) is 47.6 Å². The first-order chi connectivity index (χ1) is 15.7. The lowest BCUT2D eigenvalue weighted by Gasteiger charge is -2.13. The van der Waals surface area contributed by atoms with E-state index in [0.717, 1.165) is 6.07 Å². The highest BCUT2D eigenvalue weighted by Crippen LogP contribution is 2.38. The van der Waals surface area contributed by atoms with Crippen LogP contribution in [0.1, 0.15) is 25.0 Å². The largest absolute Gasteiger partial charge is 0.492 e. The van der Waals surface area contributed by atoms with Crippen LogP contribution in [0.15, 0.2) is 64.1 Å². The van der Waals surface area contributed by atoms with Crippen molar-refractivity contribution in [3.05, 3.63) is 70.7 Å². The third-order valence-electron chi connectivity index (χ3n) is 4.73. The molecule has 2 heterocycles. The van der Waals surface area contributed by atoms with Crippen molar-refractivity contribution in [1.82, 2.24) is 19.7 Å². The molecular weight excluding hydrogens is 501 g/mol. The maximum atomic E-state index is 13.8. The zero-order valence-corrected chi connectivity index (χ0v) is 19.4. The van der Waals surface area contributed by atoms with Crippen LogP contribution in [0.3, 0.4) is 0 Å². The molecule has 0 radical (unpaired) electrons. The van der Waals surface area contributed by atoms with Gasteiger partial charge in [-0.3, -0.25) is 0 Å². The van der Waals surface area contributed by atoms with Gasteiger partial charge in [-0.15, -0.1) is 0 Å². The topological polar surface area (TPSA) is 66.0 Å². The van der Waals surface area contributed by atoms with Crippen molar-refractivity contribution in [3.8, 4) is 28.6 Å². The number of nitrogens with zero attached hydrogens (tertiary/aromatic N) is 4. The van der Waals surface area contributed by atoms with Crippen LogP contribution in [-0.4, -0.2) is 26.3 Å². The van der Waals surface area contributed by atoms with Gasteiger partial charge in [0.15, 0.2) is 0 Å². The summed E-state index contributed by atoms with van der Waals surface area (Å²) in [5.74, 6) is 0.990. The summed E-state index contributed by atoms with van der Waals surface area (Å²) in [6.45, 7) is 4.91. The molecule has 0 saturated heterocycles. The summed E-state index contributed by atoms with van der Waals surface area (Å²) in [4.78, 5) is 8.13. The van der Waals surface area contributed by atoms with E-state index in [0.29, 0.717) is 33.9 Å². The Labute approximate surface area is 196 Å². The summed E-state index contributed by atoms with van der Waals surface area (Å²) >= 11 is 3.45. The number of ether oxygens (including phenoxy) is 1. The molecule has 0 unspecified atom stereocenters. The summed E-state index contributed by atoms with van der Waals surface area (Å²) in [6, 6.07) is 9.27. The normalized spacial score (nSPS) is 11.8. The summed E-state index contributed by atoms with van der Waals surface area (Å²) in [6.07, 6.45) is 0.217.